The van der Waals surface area contributed by atoms with E-state index in [1.807, 2.05) is 0 Å². The highest BCUT2D eigenvalue weighted by Gasteiger charge is 2.47. The first kappa shape index (κ1) is 77.3. The Bertz CT molecular complexity index is 3520. The molecule has 0 radical (unpaired) electrons. The molecule has 36 heteroatoms. The maximum Gasteiger partial charge on any atom is 0.246 e. The van der Waals surface area contributed by atoms with Crippen LogP contribution in [-0.2, 0) is 80.0 Å². The third kappa shape index (κ3) is 20.5. The van der Waals surface area contributed by atoms with Crippen molar-refractivity contribution in [3.05, 3.63) is 105 Å². The Balaban J connectivity index is 1.07. The van der Waals surface area contributed by atoms with Gasteiger partial charge >= 0.3 is 0 Å². The molecule has 0 saturated carbocycles. The summed E-state index contributed by atoms with van der Waals surface area (Å²) in [5.41, 5.74) is 40.2. The van der Waals surface area contributed by atoms with E-state index in [9.17, 15) is 71.3 Å². The molecule has 2 aliphatic carbocycles. The van der Waals surface area contributed by atoms with Gasteiger partial charge in [0.15, 0.2) is 41.1 Å². The highest BCUT2D eigenvalue weighted by atomic mass is 19.2. The number of β-amino-alcohol motifs (C(OH)–C–C–N with tert-alkyl or cyclic N) is 1. The number of carbonyl (C=O) groups is 10. The van der Waals surface area contributed by atoms with Crippen molar-refractivity contribution in [2.24, 2.45) is 66.9 Å². The Kier molecular flexibility index (Phi) is 27.9. The number of aliphatic imine (C=N–C) groups is 3. The van der Waals surface area contributed by atoms with Crippen molar-refractivity contribution in [2.75, 3.05) is 45.9 Å². The minimum absolute atomic E-state index is 0.00376. The summed E-state index contributed by atoms with van der Waals surface area (Å²) in [7, 11) is 0. The molecular formula is C64H86F5N19O12. The smallest absolute Gasteiger partial charge is 0.246 e. The maximum absolute atomic E-state index is 15.5. The van der Waals surface area contributed by atoms with E-state index >= 15 is 8.78 Å². The average molecular weight is 1410 g/mol. The monoisotopic (exact) mass is 1410 g/mol. The van der Waals surface area contributed by atoms with Gasteiger partial charge in [0.1, 0.15) is 48.6 Å². The minimum atomic E-state index is -2.54. The van der Waals surface area contributed by atoms with Gasteiger partial charge in [-0.1, -0.05) is 48.5 Å². The summed E-state index contributed by atoms with van der Waals surface area (Å²) < 4.78 is 75.1. The number of likely N-dealkylation sites (tertiary alicyclic amines) is 2. The number of carbonyl (C=O) groups excluding carboxylic acids is 10. The summed E-state index contributed by atoms with van der Waals surface area (Å²) in [6.45, 7) is -2.10. The lowest BCUT2D eigenvalue weighted by Crippen LogP contribution is -2.61. The summed E-state index contributed by atoms with van der Waals surface area (Å²) in [4.78, 5) is 155. The molecule has 2 fully saturated rings. The predicted octanol–water partition coefficient (Wildman–Crippen LogP) is -4.59. The quantitative estimate of drug-likeness (QED) is 0.00509. The van der Waals surface area contributed by atoms with Gasteiger partial charge in [0.25, 0.3) is 0 Å². The number of amides is 9. The number of aliphatic hydroxyl groups excluding tert-OH is 2. The predicted molar refractivity (Wildman–Crippen MR) is 351 cm³/mol. The summed E-state index contributed by atoms with van der Waals surface area (Å²) in [6.07, 6.45) is -0.685. The van der Waals surface area contributed by atoms with Crippen LogP contribution in [0.1, 0.15) is 85.6 Å². The Labute approximate surface area is 571 Å². The van der Waals surface area contributed by atoms with E-state index in [1.54, 1.807) is 48.5 Å². The maximum atomic E-state index is 15.5. The molecule has 3 aromatic rings. The standard InChI is InChI=1S/C64H86F5N19O12/c65-47-39(48(66)50(68)51(69)49(47)67)26-42(55(94)86-53(36-23-33-11-3-4-12-34(33)24-36)58(97)81-37(29-89)13-5-17-77-62(71)72)83-56(95)43(30-90)84-59(98)52(35-21-31-9-1-2-10-32(31)22-35)85-46(92)27-80-57(96)45-25-38(91)28-88(45)61(100)44-16-8-20-87(44)60(99)41(15-7-19-79-64(75)76)82-54(93)40(70)14-6-18-78-63(73)74/h1-4,9-12,29,35-38,40-45,52-53,90-91H,5-8,13-28,30,70H2,(H,80,96)(H,81,97)(H,82,93)(H,83,95)(H,84,98)(H,85,92)(H,86,94)(H4,71,72,77)(H4,73,74,78)(H4,75,76,79)/t37-,38+,40+,41-,42-,43-,44-,45-,52-,53-/m0/s1. The number of benzene rings is 3. The number of aliphatic hydroxyl groups is 2. The number of halogens is 5. The highest BCUT2D eigenvalue weighted by molar-refractivity contribution is 5.98. The number of rotatable bonds is 34. The van der Waals surface area contributed by atoms with Gasteiger partial charge in [0, 0.05) is 51.1 Å². The first-order valence-corrected chi connectivity index (χ1v) is 32.6. The zero-order valence-corrected chi connectivity index (χ0v) is 54.6. The molecule has 544 valence electrons. The zero-order valence-electron chi connectivity index (χ0n) is 54.6. The Hall–Kier alpha value is -10.1. The number of hydrogen-bond acceptors (Lipinski definition) is 16. The van der Waals surface area contributed by atoms with Crippen LogP contribution in [-0.4, -0.2) is 204 Å². The molecule has 3 aromatic carbocycles. The first-order valence-electron chi connectivity index (χ1n) is 32.6. The van der Waals surface area contributed by atoms with E-state index in [-0.39, 0.29) is 121 Å². The van der Waals surface area contributed by atoms with Gasteiger partial charge in [-0.15, -0.1) is 0 Å². The molecule has 0 aromatic heterocycles. The summed E-state index contributed by atoms with van der Waals surface area (Å²) >= 11 is 0. The molecular weight excluding hydrogens is 1320 g/mol. The van der Waals surface area contributed by atoms with Gasteiger partial charge in [0.2, 0.25) is 59.0 Å². The lowest BCUT2D eigenvalue weighted by atomic mass is 9.94. The van der Waals surface area contributed by atoms with Crippen molar-refractivity contribution in [3.63, 3.8) is 0 Å². The Morgan fingerprint density at radius 2 is 1.04 bits per heavy atom. The Morgan fingerprint density at radius 1 is 0.570 bits per heavy atom. The third-order valence-electron chi connectivity index (χ3n) is 17.9. The van der Waals surface area contributed by atoms with Crippen molar-refractivity contribution in [1.82, 2.24) is 47.0 Å². The van der Waals surface area contributed by atoms with Gasteiger partial charge in [0.05, 0.1) is 31.3 Å². The van der Waals surface area contributed by atoms with Gasteiger partial charge in [-0.3, -0.25) is 58.1 Å². The van der Waals surface area contributed by atoms with Crippen LogP contribution in [0.2, 0.25) is 0 Å². The lowest BCUT2D eigenvalue weighted by Gasteiger charge is -2.33. The second-order valence-corrected chi connectivity index (χ2v) is 25.0. The second kappa shape index (κ2) is 36.1. The van der Waals surface area contributed by atoms with Gasteiger partial charge in [-0.05, 0) is 111 Å². The summed E-state index contributed by atoms with van der Waals surface area (Å²) in [5, 5.41) is 38.7. The first-order chi connectivity index (χ1) is 47.6. The topological polar surface area (TPSA) is 521 Å². The molecule has 23 N–H and O–H groups in total. The molecule has 4 aliphatic rings. The molecule has 10 atom stereocenters. The molecule has 9 amide bonds. The van der Waals surface area contributed by atoms with Crippen LogP contribution in [0.25, 0.3) is 0 Å². The minimum Gasteiger partial charge on any atom is -0.394 e. The van der Waals surface area contributed by atoms with Crippen molar-refractivity contribution in [1.29, 1.82) is 0 Å². The molecule has 0 spiro atoms. The molecule has 7 rings (SSSR count). The Morgan fingerprint density at radius 3 is 1.56 bits per heavy atom. The summed E-state index contributed by atoms with van der Waals surface area (Å²) in [5.74, 6) is -23.3. The molecule has 100 heavy (non-hydrogen) atoms. The zero-order chi connectivity index (χ0) is 73.1. The number of nitrogens with one attached hydrogen (secondary N) is 7. The molecule has 2 heterocycles. The fourth-order valence-corrected chi connectivity index (χ4v) is 12.8. The van der Waals surface area contributed by atoms with E-state index in [0.717, 1.165) is 27.2 Å². The largest absolute Gasteiger partial charge is 0.394 e. The molecule has 0 unspecified atom stereocenters. The van der Waals surface area contributed by atoms with Gasteiger partial charge < -0.3 is 102 Å². The van der Waals surface area contributed by atoms with Crippen LogP contribution in [0, 0.1) is 40.9 Å². The van der Waals surface area contributed by atoms with E-state index < -0.39 is 180 Å². The van der Waals surface area contributed by atoms with E-state index in [1.165, 1.54) is 4.90 Å². The van der Waals surface area contributed by atoms with Crippen LogP contribution in [0.3, 0.4) is 0 Å². The molecule has 2 saturated heterocycles. The second-order valence-electron chi connectivity index (χ2n) is 25.0. The van der Waals surface area contributed by atoms with Crippen LogP contribution in [0.5, 0.6) is 0 Å². The number of fused-ring (bicyclic) bond motifs is 2. The molecule has 31 nitrogen and oxygen atoms in total. The van der Waals surface area contributed by atoms with Crippen molar-refractivity contribution in [3.8, 4) is 0 Å². The van der Waals surface area contributed by atoms with Crippen LogP contribution in [0.4, 0.5) is 22.0 Å². The van der Waals surface area contributed by atoms with Crippen molar-refractivity contribution >= 4 is 77.3 Å². The fourth-order valence-electron chi connectivity index (χ4n) is 12.8. The number of nitrogens with two attached hydrogens (primary N) is 7. The van der Waals surface area contributed by atoms with Crippen LogP contribution >= 0.6 is 0 Å². The molecule has 2 aliphatic heterocycles. The van der Waals surface area contributed by atoms with Crippen molar-refractivity contribution < 1.29 is 80.1 Å². The fraction of sp³-hybridized carbons (Fsp3) is 0.516. The number of guanidine groups is 3. The lowest BCUT2D eigenvalue weighted by molar-refractivity contribution is -0.148. The SMILES string of the molecule is NC(N)=NCCC[C@@H](C=O)NC(=O)[C@@H](NC(=O)[C@H](Cc1c(F)c(F)c(F)c(F)c1F)NC(=O)[C@H](CO)NC(=O)[C@@H](NC(=O)CNC(=O)[C@@H]1C[C@@H](O)CN1C(=O)[C@@H]1CCCN1C(=O)[C@H](CCCN=C(N)N)NC(=O)[C@H](N)CCCN=C(N)N)C1Cc2ccccc2C1)C1Cc2ccccc2C1. The van der Waals surface area contributed by atoms with Crippen molar-refractivity contribution in [2.45, 2.75) is 150 Å². The van der Waals surface area contributed by atoms with Gasteiger partial charge in [-0.2, -0.15) is 0 Å². The number of aldehydes is 1. The summed E-state index contributed by atoms with van der Waals surface area (Å²) in [6, 6.07) is 0.188. The van der Waals surface area contributed by atoms with E-state index in [0.29, 0.717) is 19.1 Å². The third-order valence-corrected chi connectivity index (χ3v) is 17.9. The van der Waals surface area contributed by atoms with Crippen LogP contribution in [0.15, 0.2) is 63.5 Å². The average Bonchev–Trinajstić information content (AvgIpc) is 1.71. The molecule has 0 bridgehead atoms. The highest BCUT2D eigenvalue weighted by Crippen LogP contribution is 2.32. The van der Waals surface area contributed by atoms with Crippen LogP contribution < -0.4 is 77.4 Å². The van der Waals surface area contributed by atoms with E-state index in [2.05, 4.69) is 52.2 Å². The number of hydrogen-bond donors (Lipinski definition) is 16. The van der Waals surface area contributed by atoms with E-state index in [4.69, 9.17) is 40.1 Å². The normalized spacial score (nSPS) is 18.5. The van der Waals surface area contributed by atoms with Gasteiger partial charge in [-0.25, -0.2) is 22.0 Å². The number of nitrogens with zero attached hydrogens (tertiary/aromatic N) is 5.